The number of nitrogens with two attached hydrogens (primary N) is 1. The summed E-state index contributed by atoms with van der Waals surface area (Å²) in [5.41, 5.74) is 6.11. The molecule has 0 aliphatic heterocycles. The Morgan fingerprint density at radius 1 is 1.26 bits per heavy atom. The first-order valence-corrected chi connectivity index (χ1v) is 6.42. The molecule has 5 heteroatoms. The first-order valence-electron chi connectivity index (χ1n) is 6.42. The molecule has 3 N–H and O–H groups in total. The Bertz CT molecular complexity index is 531. The molecule has 0 aliphatic rings. The fourth-order valence-electron chi connectivity index (χ4n) is 1.95. The lowest BCUT2D eigenvalue weighted by Gasteiger charge is -2.21. The van der Waals surface area contributed by atoms with E-state index in [-0.39, 0.29) is 11.2 Å². The van der Waals surface area contributed by atoms with Crippen LogP contribution in [0.5, 0.6) is 0 Å². The van der Waals surface area contributed by atoms with Gasteiger partial charge in [0.1, 0.15) is 11.6 Å². The van der Waals surface area contributed by atoms with Crippen LogP contribution < -0.4 is 5.73 Å². The molecule has 0 saturated carbocycles. The van der Waals surface area contributed by atoms with Crippen LogP contribution in [0, 0.1) is 5.82 Å². The second-order valence-corrected chi connectivity index (χ2v) is 5.13. The number of H-pyrrole nitrogens is 1. The van der Waals surface area contributed by atoms with Crippen molar-refractivity contribution in [3.63, 3.8) is 0 Å². The molecule has 0 fully saturated rings. The molecule has 1 heterocycles. The molecule has 102 valence electrons. The van der Waals surface area contributed by atoms with E-state index in [0.29, 0.717) is 12.4 Å². The highest BCUT2D eigenvalue weighted by atomic mass is 19.1. The van der Waals surface area contributed by atoms with Gasteiger partial charge in [-0.05, 0) is 44.5 Å². The van der Waals surface area contributed by atoms with Crippen molar-refractivity contribution in [1.82, 2.24) is 15.2 Å². The molecule has 1 aromatic carbocycles. The zero-order chi connectivity index (χ0) is 13.9. The van der Waals surface area contributed by atoms with E-state index in [1.165, 1.54) is 12.1 Å². The minimum Gasteiger partial charge on any atom is -0.330 e. The minimum atomic E-state index is -0.356. The van der Waals surface area contributed by atoms with Gasteiger partial charge >= 0.3 is 0 Å². The highest BCUT2D eigenvalue weighted by Gasteiger charge is 2.27. The molecule has 0 spiro atoms. The van der Waals surface area contributed by atoms with Crippen LogP contribution in [0.15, 0.2) is 24.3 Å². The molecule has 0 atom stereocenters. The van der Waals surface area contributed by atoms with Crippen molar-refractivity contribution < 1.29 is 4.39 Å². The largest absolute Gasteiger partial charge is 0.330 e. The first kappa shape index (κ1) is 13.7. The summed E-state index contributed by atoms with van der Waals surface area (Å²) in [5.74, 6) is 1.32. The molecular weight excluding hydrogens is 243 g/mol. The van der Waals surface area contributed by atoms with Crippen LogP contribution in [0.3, 0.4) is 0 Å². The average Bonchev–Trinajstić information content (AvgIpc) is 2.86. The Hall–Kier alpha value is -1.75. The molecule has 19 heavy (non-hydrogen) atoms. The van der Waals surface area contributed by atoms with E-state index in [0.717, 1.165) is 24.2 Å². The number of nitrogens with zero attached hydrogens (tertiary/aromatic N) is 2. The molecular formula is C14H19FN4. The number of aryl methyl sites for hydroxylation is 1. The molecule has 4 nitrogen and oxygen atoms in total. The van der Waals surface area contributed by atoms with E-state index in [4.69, 9.17) is 5.73 Å². The van der Waals surface area contributed by atoms with Crippen LogP contribution in [-0.4, -0.2) is 21.7 Å². The van der Waals surface area contributed by atoms with Gasteiger partial charge in [-0.1, -0.05) is 12.1 Å². The van der Waals surface area contributed by atoms with Crippen LogP contribution in [0.25, 0.3) is 0 Å². The zero-order valence-electron chi connectivity index (χ0n) is 11.3. The standard InChI is InChI=1S/C14H19FN4/c1-14(2,10-5-7-11(15)8-6-10)13-17-12(18-19-13)4-3-9-16/h5-8H,3-4,9,16H2,1-2H3,(H,17,18,19). The molecule has 0 radical (unpaired) electrons. The van der Waals surface area contributed by atoms with Crippen LogP contribution in [0.1, 0.15) is 37.5 Å². The lowest BCUT2D eigenvalue weighted by Crippen LogP contribution is -2.21. The molecule has 0 unspecified atom stereocenters. The van der Waals surface area contributed by atoms with Gasteiger partial charge in [0.05, 0.1) is 5.41 Å². The summed E-state index contributed by atoms with van der Waals surface area (Å²) < 4.78 is 13.0. The molecule has 2 rings (SSSR count). The first-order chi connectivity index (χ1) is 9.04. The maximum Gasteiger partial charge on any atom is 0.160 e. The van der Waals surface area contributed by atoms with Crippen molar-refractivity contribution in [1.29, 1.82) is 0 Å². The van der Waals surface area contributed by atoms with Crippen molar-refractivity contribution in [2.75, 3.05) is 6.54 Å². The zero-order valence-corrected chi connectivity index (χ0v) is 11.3. The van der Waals surface area contributed by atoms with Gasteiger partial charge in [0, 0.05) is 6.42 Å². The second-order valence-electron chi connectivity index (χ2n) is 5.13. The van der Waals surface area contributed by atoms with Crippen LogP contribution in [0.4, 0.5) is 4.39 Å². The summed E-state index contributed by atoms with van der Waals surface area (Å²) in [6.07, 6.45) is 1.68. The predicted molar refractivity (Wildman–Crippen MR) is 72.3 cm³/mol. The summed E-state index contributed by atoms with van der Waals surface area (Å²) in [6, 6.07) is 6.45. The molecule has 2 aromatic rings. The average molecular weight is 262 g/mol. The number of nitrogens with one attached hydrogen (secondary N) is 1. The fraction of sp³-hybridized carbons (Fsp3) is 0.429. The van der Waals surface area contributed by atoms with E-state index in [9.17, 15) is 4.39 Å². The SMILES string of the molecule is CC(C)(c1ccc(F)cc1)c1n[nH]c(CCCN)n1. The molecule has 1 aromatic heterocycles. The molecule has 0 amide bonds. The molecule has 0 saturated heterocycles. The van der Waals surface area contributed by atoms with Crippen molar-refractivity contribution in [2.24, 2.45) is 5.73 Å². The summed E-state index contributed by atoms with van der Waals surface area (Å²) in [4.78, 5) is 4.50. The number of hydrogen-bond acceptors (Lipinski definition) is 3. The van der Waals surface area contributed by atoms with Gasteiger partial charge in [0.2, 0.25) is 0 Å². The Labute approximate surface area is 112 Å². The number of benzene rings is 1. The third-order valence-electron chi connectivity index (χ3n) is 3.27. The quantitative estimate of drug-likeness (QED) is 0.867. The summed E-state index contributed by atoms with van der Waals surface area (Å²) >= 11 is 0. The smallest absolute Gasteiger partial charge is 0.160 e. The number of halogens is 1. The van der Waals surface area contributed by atoms with Crippen molar-refractivity contribution in [2.45, 2.75) is 32.1 Å². The Morgan fingerprint density at radius 3 is 2.58 bits per heavy atom. The van der Waals surface area contributed by atoms with Gasteiger partial charge in [-0.3, -0.25) is 5.10 Å². The number of aromatic nitrogens is 3. The van der Waals surface area contributed by atoms with Gasteiger partial charge in [-0.25, -0.2) is 9.37 Å². The fourth-order valence-corrected chi connectivity index (χ4v) is 1.95. The van der Waals surface area contributed by atoms with Gasteiger partial charge in [0.25, 0.3) is 0 Å². The third-order valence-corrected chi connectivity index (χ3v) is 3.27. The summed E-state index contributed by atoms with van der Waals surface area (Å²) in [5, 5.41) is 7.21. The predicted octanol–water partition coefficient (Wildman–Crippen LogP) is 2.16. The number of rotatable bonds is 5. The molecule has 0 bridgehead atoms. The van der Waals surface area contributed by atoms with E-state index in [2.05, 4.69) is 15.2 Å². The van der Waals surface area contributed by atoms with Gasteiger partial charge in [0.15, 0.2) is 5.82 Å². The van der Waals surface area contributed by atoms with Crippen LogP contribution in [0.2, 0.25) is 0 Å². The van der Waals surface area contributed by atoms with Gasteiger partial charge in [-0.2, -0.15) is 5.10 Å². The topological polar surface area (TPSA) is 67.6 Å². The van der Waals surface area contributed by atoms with Crippen LogP contribution >= 0.6 is 0 Å². The normalized spacial score (nSPS) is 11.8. The number of aromatic amines is 1. The second kappa shape index (κ2) is 5.48. The minimum absolute atomic E-state index is 0.238. The lowest BCUT2D eigenvalue weighted by atomic mass is 9.84. The van der Waals surface area contributed by atoms with E-state index in [1.54, 1.807) is 12.1 Å². The van der Waals surface area contributed by atoms with E-state index >= 15 is 0 Å². The molecule has 0 aliphatic carbocycles. The van der Waals surface area contributed by atoms with E-state index in [1.807, 2.05) is 13.8 Å². The summed E-state index contributed by atoms with van der Waals surface area (Å²) in [6.45, 7) is 4.68. The third kappa shape index (κ3) is 2.98. The number of hydrogen-bond donors (Lipinski definition) is 2. The Kier molecular flexibility index (Phi) is 3.95. The van der Waals surface area contributed by atoms with Crippen LogP contribution in [-0.2, 0) is 11.8 Å². The maximum atomic E-state index is 13.0. The lowest BCUT2D eigenvalue weighted by molar-refractivity contribution is 0.585. The van der Waals surface area contributed by atoms with Gasteiger partial charge < -0.3 is 5.73 Å². The van der Waals surface area contributed by atoms with E-state index < -0.39 is 0 Å². The van der Waals surface area contributed by atoms with Crippen molar-refractivity contribution in [3.05, 3.63) is 47.3 Å². The maximum absolute atomic E-state index is 13.0. The van der Waals surface area contributed by atoms with Crippen molar-refractivity contribution >= 4 is 0 Å². The van der Waals surface area contributed by atoms with Gasteiger partial charge in [-0.15, -0.1) is 0 Å². The monoisotopic (exact) mass is 262 g/mol. The Balaban J connectivity index is 2.23. The summed E-state index contributed by atoms with van der Waals surface area (Å²) in [7, 11) is 0. The highest BCUT2D eigenvalue weighted by Crippen LogP contribution is 2.28. The highest BCUT2D eigenvalue weighted by molar-refractivity contribution is 5.30. The van der Waals surface area contributed by atoms with Crippen molar-refractivity contribution in [3.8, 4) is 0 Å². The Morgan fingerprint density at radius 2 is 1.95 bits per heavy atom.